The Balaban J connectivity index is 0.000000393. The van der Waals surface area contributed by atoms with Gasteiger partial charge in [0.2, 0.25) is 29.5 Å². The normalized spacial score (nSPS) is 14.8. The summed E-state index contributed by atoms with van der Waals surface area (Å²) in [4.78, 5) is 142. The number of hydrogen-bond donors (Lipinski definition) is 13. The molecule has 54 heteroatoms. The van der Waals surface area contributed by atoms with E-state index in [0.717, 1.165) is 55.7 Å². The van der Waals surface area contributed by atoms with Gasteiger partial charge in [-0.15, -0.1) is 0 Å². The van der Waals surface area contributed by atoms with Crippen LogP contribution in [-0.2, 0) is 24.0 Å². The lowest BCUT2D eigenvalue weighted by molar-refractivity contribution is -0.139. The van der Waals surface area contributed by atoms with Gasteiger partial charge in [0.05, 0.1) is 57.1 Å². The third kappa shape index (κ3) is 26.2. The van der Waals surface area contributed by atoms with Crippen LogP contribution in [0, 0.1) is 32.4 Å². The molecule has 0 saturated carbocycles. The maximum atomic E-state index is 14.5. The molecule has 17 rings (SSSR count). The molecule has 3 atom stereocenters. The molecule has 2 saturated heterocycles. The van der Waals surface area contributed by atoms with Crippen LogP contribution in [-0.4, -0.2) is 241 Å². The first kappa shape index (κ1) is 107. The lowest BCUT2D eigenvalue weighted by Crippen LogP contribution is -2.49. The molecule has 35 nitrogen and oxygen atoms in total. The molecule has 2 aliphatic rings. The first-order chi connectivity index (χ1) is 67.9. The van der Waals surface area contributed by atoms with Crippen molar-refractivity contribution in [1.82, 2.24) is 126 Å². The Bertz CT molecular complexity index is 7300. The Morgan fingerprint density at radius 3 is 1.07 bits per heavy atom. The van der Waals surface area contributed by atoms with Gasteiger partial charge < -0.3 is 77.3 Å². The molecule has 0 radical (unpaired) electrons. The van der Waals surface area contributed by atoms with Gasteiger partial charge in [-0.2, -0.15) is 26.3 Å². The zero-order valence-electron chi connectivity index (χ0n) is 77.3. The van der Waals surface area contributed by atoms with Gasteiger partial charge in [-0.3, -0.25) is 24.0 Å². The summed E-state index contributed by atoms with van der Waals surface area (Å²) in [5.41, 5.74) is 5.33. The highest BCUT2D eigenvalue weighted by molar-refractivity contribution is 6.33. The number of aromatic amines is 5. The zero-order valence-corrected chi connectivity index (χ0v) is 81.0. The Kier molecular flexibility index (Phi) is 32.9. The molecule has 0 unspecified atom stereocenters. The van der Waals surface area contributed by atoms with Crippen molar-refractivity contribution >= 4 is 172 Å². The van der Waals surface area contributed by atoms with E-state index >= 15 is 0 Å². The van der Waals surface area contributed by atoms with E-state index in [4.69, 9.17) is 58.0 Å². The highest BCUT2D eigenvalue weighted by Gasteiger charge is 2.50. The second kappa shape index (κ2) is 44.3. The molecule has 0 bridgehead atoms. The summed E-state index contributed by atoms with van der Waals surface area (Å²) in [6.07, 6.45) is 7.37. The number of halogens is 19. The van der Waals surface area contributed by atoms with Gasteiger partial charge >= 0.3 is 12.4 Å². The number of nitrogens with zero attached hydrogens (tertiary/aromatic N) is 17. The fourth-order valence-electron chi connectivity index (χ4n) is 14.7. The number of alkyl halides is 12. The topological polar surface area (TPSA) is 460 Å². The van der Waals surface area contributed by atoms with Gasteiger partial charge in [-0.1, -0.05) is 58.0 Å². The number of rotatable bonds is 25. The molecule has 15 aromatic rings. The van der Waals surface area contributed by atoms with E-state index < -0.39 is 147 Å². The first-order valence-electron chi connectivity index (χ1n) is 43.3. The number of fused-ring (bicyclic) bond motifs is 5. The van der Waals surface area contributed by atoms with Crippen LogP contribution in [0.1, 0.15) is 90.8 Å². The van der Waals surface area contributed by atoms with Crippen LogP contribution in [0.15, 0.2) is 123 Å². The van der Waals surface area contributed by atoms with Gasteiger partial charge in [-0.25, -0.2) is 110 Å². The number of likely N-dealkylation sites (N-methyl/N-ethyl adjacent to an activating group) is 1. The maximum Gasteiger partial charge on any atom is 0.405 e. The van der Waals surface area contributed by atoms with Crippen LogP contribution in [0.25, 0.3) is 112 Å². The molecule has 2 aliphatic heterocycles. The Labute approximate surface area is 845 Å². The first-order valence-corrected chi connectivity index (χ1v) is 45.2. The number of aromatic nitrogens is 20. The van der Waals surface area contributed by atoms with Crippen molar-refractivity contribution in [2.75, 3.05) is 78.2 Å². The summed E-state index contributed by atoms with van der Waals surface area (Å²) in [7, 11) is 0. The number of carbonyl (C=O) groups is 5. The van der Waals surface area contributed by atoms with E-state index in [1.807, 2.05) is 40.7 Å². The molecule has 13 N–H and O–H groups in total. The highest BCUT2D eigenvalue weighted by atomic mass is 35.5. The van der Waals surface area contributed by atoms with Crippen molar-refractivity contribution in [2.24, 2.45) is 0 Å². The van der Waals surface area contributed by atoms with Crippen molar-refractivity contribution in [3.8, 4) is 56.9 Å². The highest BCUT2D eigenvalue weighted by Crippen LogP contribution is 2.41. The quantitative estimate of drug-likeness (QED) is 0.0236. The van der Waals surface area contributed by atoms with Crippen molar-refractivity contribution in [1.29, 1.82) is 0 Å². The second-order valence-corrected chi connectivity index (χ2v) is 36.4. The van der Waals surface area contributed by atoms with E-state index in [0.29, 0.717) is 133 Å². The molecule has 0 spiro atoms. The summed E-state index contributed by atoms with van der Waals surface area (Å²) >= 11 is 30.1. The molecular formula is C90H105Cl5F14N30O5. The monoisotopic (exact) mass is 2130 g/mol. The van der Waals surface area contributed by atoms with Gasteiger partial charge in [0, 0.05) is 191 Å². The number of nitrogens with one attached hydrogen (secondary N) is 13. The second-order valence-electron chi connectivity index (χ2n) is 34.2. The smallest absolute Gasteiger partial charge is 0.356 e. The van der Waals surface area contributed by atoms with Crippen LogP contribution < -0.4 is 52.3 Å². The Hall–Kier alpha value is -14.3. The predicted molar refractivity (Wildman–Crippen MR) is 533 cm³/mol. The molecular weight excluding hydrogens is 2020 g/mol. The Morgan fingerprint density at radius 2 is 0.750 bits per heavy atom. The minimum atomic E-state index is -4.74. The lowest BCUT2D eigenvalue weighted by atomic mass is 10.0. The molecule has 0 aliphatic carbocycles. The molecule has 15 aromatic heterocycles. The fraction of sp³-hybridized carbons (Fsp3) is 0.333. The summed E-state index contributed by atoms with van der Waals surface area (Å²) in [5, 5.41) is 25.8. The molecule has 144 heavy (non-hydrogen) atoms. The SMILES string of the molecule is CCNC(=O)C(C)(C)Nc1nc(-c2c[nH]c3ncc(Cl)cc23)ncc1C.Cc1cnc(-c2c[nH]c3ncc(Cl)cc23)nc1NC(C)(C)C(=O)NCC(F)F.Cc1cnc(-c2c[nH]c3ncc(Cl)cc23)nc1NC(C)(C)C(=O)NCCF.O=C(NCC(F)(F)F)[C@H]1CC(F)(F)CN1c1nc(-c2c[nH]c3ncc(Cl)cc23)ncc1F.O=C(NCC(F)(F)F)[C@H]1C[C@H](F)CN1c1nc(-c2c[nH]c3ncc(Cl)cc23)ncc1F.[HH].[HH].[HH].[HH].[HH].[HH].[HH].[HH].[HH]. The molecule has 5 amide bonds. The number of H-pyrrole nitrogens is 5. The van der Waals surface area contributed by atoms with Crippen LogP contribution >= 0.6 is 58.0 Å². The number of carbonyl (C=O) groups excluding carboxylic acids is 5. The van der Waals surface area contributed by atoms with Crippen LogP contribution in [0.4, 0.5) is 90.6 Å². The number of aryl methyl sites for hydroxylation is 3. The fourth-order valence-corrected chi connectivity index (χ4v) is 15.4. The minimum absolute atomic E-state index is 0. The summed E-state index contributed by atoms with van der Waals surface area (Å²) in [6.45, 7) is 12.1. The van der Waals surface area contributed by atoms with Crippen LogP contribution in [0.2, 0.25) is 25.1 Å². The zero-order chi connectivity index (χ0) is 105. The lowest BCUT2D eigenvalue weighted by Gasteiger charge is -2.26. The standard InChI is InChI=1S/C18H13ClF6N6O.C18H14ClF5N6O.C18H19ClF2N6O.C18H20ClFN6O.C18H21ClN6O.9H2/c19-8-1-9-10(4-27-13(9)26-3-8)14-28-5-11(20)15(30-14)31-7-17(21,22)2-12(31)16(32)29-6-18(23,24)25;19-8-1-10-11(4-26-14(10)25-3-8)15-27-5-12(21)16(29-15)30-6-9(20)2-13(30)17(31)28-7-18(22,23)24;1-9-5-22-16(12-7-24-15-11(12)4-10(19)6-23-15)26-14(9)27-18(2,3)17(28)25-8-13(20)21;1-10-7-22-16(13-9-24-15-12(13)6-11(19)8-23-15)25-14(10)26-18(2,3)17(27)21-5-4-20;1-5-20-17(26)18(3,4)25-14-10(2)7-21-16(24-14)13-9-23-15-12(13)6-11(19)8-22-15;;;;;;;;;/h1,3-5,12H,2,6-7H2,(H,26,27)(H,29,32);1,3-5,9,13H,2,6-7H2,(H,25,26)(H,28,31);4-7,13H,8H2,1-3H3,(H,23,24)(H,25,28)(H,22,26,27);6-9H,4-5H2,1-3H3,(H,21,27)(H,23,24)(H,22,25,26);6-9H,5H2,1-4H3,(H,20,26)(H,22,23)(H,21,24,25);9*1H/t12-;9-,13+;;;;;;;;;;;;/m10............/s1. The summed E-state index contributed by atoms with van der Waals surface area (Å²) < 4.78 is 183. The van der Waals surface area contributed by atoms with E-state index in [9.17, 15) is 85.4 Å². The van der Waals surface area contributed by atoms with Crippen LogP contribution in [0.3, 0.4) is 0 Å². The molecule has 778 valence electrons. The number of anilines is 5. The average Bonchev–Trinajstić information content (AvgIpc) is 1.62. The average molecular weight is 2130 g/mol. The summed E-state index contributed by atoms with van der Waals surface area (Å²) in [6, 6.07) is 5.40. The van der Waals surface area contributed by atoms with Gasteiger partial charge in [0.1, 0.15) is 100 Å². The van der Waals surface area contributed by atoms with E-state index in [-0.39, 0.29) is 48.7 Å². The minimum Gasteiger partial charge on any atom is -0.356 e. The van der Waals surface area contributed by atoms with Gasteiger partial charge in [0.25, 0.3) is 12.3 Å². The predicted octanol–water partition coefficient (Wildman–Crippen LogP) is 19.4. The van der Waals surface area contributed by atoms with Gasteiger partial charge in [-0.05, 0) is 99.6 Å². The summed E-state index contributed by atoms with van der Waals surface area (Å²) in [5.74, 6) is -6.97. The van der Waals surface area contributed by atoms with Crippen molar-refractivity contribution in [3.63, 3.8) is 0 Å². The Morgan fingerprint density at radius 1 is 0.444 bits per heavy atom. The largest absolute Gasteiger partial charge is 0.405 e. The number of hydrogen-bond acceptors (Lipinski definition) is 25. The third-order valence-electron chi connectivity index (χ3n) is 21.8. The molecule has 17 heterocycles. The van der Waals surface area contributed by atoms with E-state index in [1.54, 1.807) is 119 Å². The van der Waals surface area contributed by atoms with Crippen molar-refractivity contribution in [3.05, 3.63) is 177 Å². The number of pyridine rings is 5. The maximum absolute atomic E-state index is 14.5. The third-order valence-corrected chi connectivity index (χ3v) is 22.8. The molecule has 2 fully saturated rings. The van der Waals surface area contributed by atoms with Crippen molar-refractivity contribution in [2.45, 2.75) is 142 Å². The number of amides is 5. The van der Waals surface area contributed by atoms with Crippen molar-refractivity contribution < 1.29 is 98.3 Å². The van der Waals surface area contributed by atoms with Gasteiger partial charge in [0.15, 0.2) is 52.4 Å². The van der Waals surface area contributed by atoms with E-state index in [2.05, 4.69) is 132 Å². The van der Waals surface area contributed by atoms with Crippen LogP contribution in [0.5, 0.6) is 0 Å². The molecule has 0 aromatic carbocycles. The van der Waals surface area contributed by atoms with E-state index in [1.165, 1.54) is 31.0 Å².